The number of benzene rings is 1. The number of nitrogen functional groups attached to an aromatic ring is 1. The van der Waals surface area contributed by atoms with Crippen molar-refractivity contribution in [2.45, 2.75) is 26.3 Å². The van der Waals surface area contributed by atoms with Gasteiger partial charge in [-0.15, -0.1) is 0 Å². The zero-order valence-corrected chi connectivity index (χ0v) is 10.7. The molecule has 0 aliphatic rings. The van der Waals surface area contributed by atoms with Gasteiger partial charge in [0.05, 0.1) is 6.61 Å². The predicted molar refractivity (Wildman–Crippen MR) is 69.8 cm³/mol. The maximum atomic E-state index is 13.3. The summed E-state index contributed by atoms with van der Waals surface area (Å²) in [6.45, 7) is 5.55. The normalized spacial score (nSPS) is 12.5. The van der Waals surface area contributed by atoms with E-state index in [0.29, 0.717) is 18.3 Å². The molecule has 0 bridgehead atoms. The highest BCUT2D eigenvalue weighted by atomic mass is 19.1. The summed E-state index contributed by atoms with van der Waals surface area (Å²) in [5.41, 5.74) is 6.93. The lowest BCUT2D eigenvalue weighted by atomic mass is 10.1. The fraction of sp³-hybridized carbons (Fsp3) is 0.538. The first kappa shape index (κ1) is 13.8. The van der Waals surface area contributed by atoms with E-state index in [1.165, 1.54) is 12.1 Å². The van der Waals surface area contributed by atoms with E-state index < -0.39 is 0 Å². The summed E-state index contributed by atoms with van der Waals surface area (Å²) in [5.74, 6) is -0.300. The quantitative estimate of drug-likeness (QED) is 0.777. The molecule has 0 aliphatic heterocycles. The molecular formula is C13H21FN2O. The van der Waals surface area contributed by atoms with E-state index in [4.69, 9.17) is 10.5 Å². The number of nitrogens with zero attached hydrogens (tertiary/aromatic N) is 1. The number of halogens is 1. The highest BCUT2D eigenvalue weighted by molar-refractivity contribution is 5.56. The van der Waals surface area contributed by atoms with Crippen LogP contribution < -0.4 is 10.6 Å². The SMILES string of the molecule is CCC(C)N(CCOC)c1cc(N)cc(F)c1. The van der Waals surface area contributed by atoms with E-state index in [2.05, 4.69) is 18.7 Å². The molecule has 0 saturated heterocycles. The van der Waals surface area contributed by atoms with Crippen LogP contribution in [0.15, 0.2) is 18.2 Å². The summed E-state index contributed by atoms with van der Waals surface area (Å²) < 4.78 is 18.4. The summed E-state index contributed by atoms with van der Waals surface area (Å²) in [4.78, 5) is 2.11. The van der Waals surface area contributed by atoms with E-state index in [0.717, 1.165) is 18.7 Å². The maximum Gasteiger partial charge on any atom is 0.127 e. The van der Waals surface area contributed by atoms with Crippen LogP contribution in [0.2, 0.25) is 0 Å². The third-order valence-corrected chi connectivity index (χ3v) is 2.90. The smallest absolute Gasteiger partial charge is 0.127 e. The first-order valence-corrected chi connectivity index (χ1v) is 5.90. The second-order valence-corrected chi connectivity index (χ2v) is 4.19. The van der Waals surface area contributed by atoms with Crippen molar-refractivity contribution in [3.63, 3.8) is 0 Å². The van der Waals surface area contributed by atoms with Crippen LogP contribution in [0.5, 0.6) is 0 Å². The molecule has 0 saturated carbocycles. The standard InChI is InChI=1S/C13H21FN2O/c1-4-10(2)16(5-6-17-3)13-8-11(14)7-12(15)9-13/h7-10H,4-6,15H2,1-3H3. The number of hydrogen-bond acceptors (Lipinski definition) is 3. The minimum Gasteiger partial charge on any atom is -0.399 e. The Morgan fingerprint density at radius 1 is 1.41 bits per heavy atom. The van der Waals surface area contributed by atoms with E-state index in [1.54, 1.807) is 13.2 Å². The largest absolute Gasteiger partial charge is 0.399 e. The summed E-state index contributed by atoms with van der Waals surface area (Å²) >= 11 is 0. The molecule has 0 aromatic heterocycles. The Labute approximate surface area is 102 Å². The fourth-order valence-corrected chi connectivity index (χ4v) is 1.78. The van der Waals surface area contributed by atoms with Crippen LogP contribution >= 0.6 is 0 Å². The number of ether oxygens (including phenoxy) is 1. The van der Waals surface area contributed by atoms with Crippen LogP contribution in [0.1, 0.15) is 20.3 Å². The summed E-state index contributed by atoms with van der Waals surface area (Å²) in [5, 5.41) is 0. The highest BCUT2D eigenvalue weighted by Crippen LogP contribution is 2.22. The van der Waals surface area contributed by atoms with E-state index in [-0.39, 0.29) is 5.82 Å². The Morgan fingerprint density at radius 2 is 2.12 bits per heavy atom. The van der Waals surface area contributed by atoms with Gasteiger partial charge < -0.3 is 15.4 Å². The molecule has 96 valence electrons. The van der Waals surface area contributed by atoms with Gasteiger partial charge in [0.2, 0.25) is 0 Å². The number of nitrogens with two attached hydrogens (primary N) is 1. The van der Waals surface area contributed by atoms with Gasteiger partial charge in [0, 0.05) is 31.1 Å². The predicted octanol–water partition coefficient (Wildman–Crippen LogP) is 2.66. The Kier molecular flexibility index (Phi) is 5.22. The molecule has 0 heterocycles. The second-order valence-electron chi connectivity index (χ2n) is 4.19. The Bertz CT molecular complexity index is 337. The molecular weight excluding hydrogens is 219 g/mol. The van der Waals surface area contributed by atoms with E-state index in [9.17, 15) is 4.39 Å². The highest BCUT2D eigenvalue weighted by Gasteiger charge is 2.14. The van der Waals surface area contributed by atoms with Crippen molar-refractivity contribution in [2.24, 2.45) is 0 Å². The first-order chi connectivity index (χ1) is 8.08. The molecule has 1 rings (SSSR count). The van der Waals surface area contributed by atoms with Crippen molar-refractivity contribution < 1.29 is 9.13 Å². The van der Waals surface area contributed by atoms with Crippen molar-refractivity contribution in [1.82, 2.24) is 0 Å². The van der Waals surface area contributed by atoms with Crippen molar-refractivity contribution in [3.05, 3.63) is 24.0 Å². The average molecular weight is 240 g/mol. The topological polar surface area (TPSA) is 38.5 Å². The van der Waals surface area contributed by atoms with Crippen LogP contribution in [0.4, 0.5) is 15.8 Å². The van der Waals surface area contributed by atoms with Crippen molar-refractivity contribution >= 4 is 11.4 Å². The van der Waals surface area contributed by atoms with Crippen LogP contribution in [0, 0.1) is 5.82 Å². The van der Waals surface area contributed by atoms with E-state index in [1.807, 2.05) is 0 Å². The minimum atomic E-state index is -0.300. The van der Waals surface area contributed by atoms with Gasteiger partial charge in [-0.2, -0.15) is 0 Å². The van der Waals surface area contributed by atoms with Gasteiger partial charge >= 0.3 is 0 Å². The van der Waals surface area contributed by atoms with Crippen LogP contribution in [0.25, 0.3) is 0 Å². The van der Waals surface area contributed by atoms with Crippen molar-refractivity contribution in [3.8, 4) is 0 Å². The van der Waals surface area contributed by atoms with Gasteiger partial charge in [-0.3, -0.25) is 0 Å². The number of methoxy groups -OCH3 is 1. The Morgan fingerprint density at radius 3 is 2.65 bits per heavy atom. The summed E-state index contributed by atoms with van der Waals surface area (Å²) in [7, 11) is 1.66. The van der Waals surface area contributed by atoms with Crippen molar-refractivity contribution in [1.29, 1.82) is 0 Å². The molecule has 17 heavy (non-hydrogen) atoms. The van der Waals surface area contributed by atoms with Crippen LogP contribution in [-0.4, -0.2) is 26.3 Å². The van der Waals surface area contributed by atoms with Gasteiger partial charge in [-0.1, -0.05) is 6.92 Å². The van der Waals surface area contributed by atoms with Gasteiger partial charge in [0.25, 0.3) is 0 Å². The molecule has 2 N–H and O–H groups in total. The number of anilines is 2. The third kappa shape index (κ3) is 3.89. The number of rotatable bonds is 6. The van der Waals surface area contributed by atoms with Gasteiger partial charge in [0.1, 0.15) is 5.82 Å². The third-order valence-electron chi connectivity index (χ3n) is 2.90. The molecule has 1 aromatic carbocycles. The average Bonchev–Trinajstić information content (AvgIpc) is 2.28. The summed E-state index contributed by atoms with van der Waals surface area (Å²) in [6.07, 6.45) is 0.986. The maximum absolute atomic E-state index is 13.3. The molecule has 1 unspecified atom stereocenters. The minimum absolute atomic E-state index is 0.300. The second kappa shape index (κ2) is 6.45. The molecule has 1 aromatic rings. The lowest BCUT2D eigenvalue weighted by molar-refractivity contribution is 0.203. The van der Waals surface area contributed by atoms with Gasteiger partial charge in [-0.25, -0.2) is 4.39 Å². The molecule has 1 atom stereocenters. The van der Waals surface area contributed by atoms with Gasteiger partial charge in [0.15, 0.2) is 0 Å². The van der Waals surface area contributed by atoms with Crippen molar-refractivity contribution in [2.75, 3.05) is 30.9 Å². The monoisotopic (exact) mass is 240 g/mol. The fourth-order valence-electron chi connectivity index (χ4n) is 1.78. The van der Waals surface area contributed by atoms with Gasteiger partial charge in [-0.05, 0) is 31.5 Å². The molecule has 0 amide bonds. The summed E-state index contributed by atoms with van der Waals surface area (Å²) in [6, 6.07) is 4.96. The lowest BCUT2D eigenvalue weighted by Gasteiger charge is -2.30. The lowest BCUT2D eigenvalue weighted by Crippen LogP contribution is -2.35. The molecule has 0 aliphatic carbocycles. The zero-order valence-electron chi connectivity index (χ0n) is 10.7. The Hall–Kier alpha value is -1.29. The van der Waals surface area contributed by atoms with Crippen LogP contribution in [0.3, 0.4) is 0 Å². The van der Waals surface area contributed by atoms with E-state index >= 15 is 0 Å². The number of hydrogen-bond donors (Lipinski definition) is 1. The first-order valence-electron chi connectivity index (χ1n) is 5.90. The Balaban J connectivity index is 2.94. The van der Waals surface area contributed by atoms with Crippen LogP contribution in [-0.2, 0) is 4.74 Å². The molecule has 0 radical (unpaired) electrons. The zero-order chi connectivity index (χ0) is 12.8. The molecule has 3 nitrogen and oxygen atoms in total. The molecule has 4 heteroatoms. The molecule has 0 spiro atoms. The molecule has 0 fully saturated rings.